The molecule has 0 radical (unpaired) electrons. The Bertz CT molecular complexity index is 1190. The molecular formula is C22H12BrCl2F5O. The molecule has 162 valence electrons. The number of hydrogen-bond donors (Lipinski definition) is 0. The number of ether oxygens (including phenoxy) is 1. The first-order valence-corrected chi connectivity index (χ1v) is 10.5. The summed E-state index contributed by atoms with van der Waals surface area (Å²) in [6.07, 6.45) is -7.05. The molecule has 1 nitrogen and oxygen atoms in total. The zero-order valence-corrected chi connectivity index (χ0v) is 18.5. The molecule has 3 aromatic rings. The molecule has 4 rings (SSSR count). The van der Waals surface area contributed by atoms with E-state index < -0.39 is 24.6 Å². The molecule has 0 spiro atoms. The van der Waals surface area contributed by atoms with Crippen molar-refractivity contribution in [3.05, 3.63) is 86.0 Å². The quantitative estimate of drug-likeness (QED) is 0.239. The lowest BCUT2D eigenvalue weighted by Crippen LogP contribution is -2.42. The van der Waals surface area contributed by atoms with Gasteiger partial charge in [0.2, 0.25) is 5.60 Å². The molecule has 1 heterocycles. The third-order valence-corrected chi connectivity index (χ3v) is 7.20. The predicted octanol–water partition coefficient (Wildman–Crippen LogP) is 9.07. The molecule has 1 unspecified atom stereocenters. The second-order valence-corrected chi connectivity index (χ2v) is 8.67. The van der Waals surface area contributed by atoms with E-state index >= 15 is 0 Å². The fourth-order valence-corrected chi connectivity index (χ4v) is 4.48. The molecule has 0 fully saturated rings. The molecule has 9 heteroatoms. The molecule has 3 aromatic carbocycles. The summed E-state index contributed by atoms with van der Waals surface area (Å²) < 4.78 is 75.2. The van der Waals surface area contributed by atoms with Crippen molar-refractivity contribution in [1.82, 2.24) is 0 Å². The Kier molecular flexibility index (Phi) is 5.73. The van der Waals surface area contributed by atoms with Gasteiger partial charge in [-0.3, -0.25) is 0 Å². The van der Waals surface area contributed by atoms with Crippen molar-refractivity contribution in [2.45, 2.75) is 24.6 Å². The summed E-state index contributed by atoms with van der Waals surface area (Å²) >= 11 is 15.2. The van der Waals surface area contributed by atoms with E-state index in [4.69, 9.17) is 27.9 Å². The highest BCUT2D eigenvalue weighted by Crippen LogP contribution is 2.54. The van der Waals surface area contributed by atoms with Crippen LogP contribution in [0.4, 0.5) is 22.0 Å². The molecule has 0 aromatic heterocycles. The normalized spacial score (nSPS) is 19.1. The van der Waals surface area contributed by atoms with Gasteiger partial charge in [-0.15, -0.1) is 0 Å². The largest absolute Gasteiger partial charge is 0.480 e. The Morgan fingerprint density at radius 1 is 0.968 bits per heavy atom. The van der Waals surface area contributed by atoms with Crippen LogP contribution in [0.1, 0.15) is 29.5 Å². The van der Waals surface area contributed by atoms with Crippen molar-refractivity contribution in [3.8, 4) is 0 Å². The van der Waals surface area contributed by atoms with Gasteiger partial charge in [0.25, 0.3) is 6.43 Å². The van der Waals surface area contributed by atoms with Crippen LogP contribution < -0.4 is 0 Å². The molecule has 1 aliphatic rings. The Labute approximate surface area is 192 Å². The van der Waals surface area contributed by atoms with Gasteiger partial charge in [-0.2, -0.15) is 13.2 Å². The van der Waals surface area contributed by atoms with Gasteiger partial charge >= 0.3 is 6.18 Å². The van der Waals surface area contributed by atoms with Gasteiger partial charge in [-0.05, 0) is 50.0 Å². The molecule has 1 aliphatic heterocycles. The fraction of sp³-hybridized carbons (Fsp3) is 0.182. The number of fused-ring (bicyclic) bond motifs is 1. The van der Waals surface area contributed by atoms with Crippen molar-refractivity contribution >= 4 is 55.5 Å². The summed E-state index contributed by atoms with van der Waals surface area (Å²) in [5.41, 5.74) is -2.53. The van der Waals surface area contributed by atoms with Crippen molar-refractivity contribution < 1.29 is 26.7 Å². The lowest BCUT2D eigenvalue weighted by Gasteiger charge is -2.32. The summed E-state index contributed by atoms with van der Waals surface area (Å²) in [5, 5.41) is 0.708. The maximum Gasteiger partial charge on any atom is 0.432 e. The molecule has 0 saturated heterocycles. The monoisotopic (exact) mass is 536 g/mol. The first kappa shape index (κ1) is 22.4. The summed E-state index contributed by atoms with van der Waals surface area (Å²) in [4.78, 5) is 0. The zero-order valence-electron chi connectivity index (χ0n) is 15.4. The Morgan fingerprint density at radius 2 is 1.58 bits per heavy atom. The molecule has 0 aliphatic carbocycles. The third kappa shape index (κ3) is 3.70. The average Bonchev–Trinajstić information content (AvgIpc) is 3.17. The van der Waals surface area contributed by atoms with E-state index in [1.54, 1.807) is 18.2 Å². The second-order valence-electron chi connectivity index (χ2n) is 7.06. The van der Waals surface area contributed by atoms with Crippen LogP contribution in [0.3, 0.4) is 0 Å². The van der Waals surface area contributed by atoms with Gasteiger partial charge in [-0.1, -0.05) is 59.6 Å². The van der Waals surface area contributed by atoms with Crippen molar-refractivity contribution in [2.75, 3.05) is 0 Å². The van der Waals surface area contributed by atoms with E-state index in [1.807, 2.05) is 0 Å². The summed E-state index contributed by atoms with van der Waals surface area (Å²) in [6.45, 7) is 0. The highest BCUT2D eigenvalue weighted by molar-refractivity contribution is 9.10. The van der Waals surface area contributed by atoms with E-state index in [2.05, 4.69) is 15.9 Å². The fourth-order valence-electron chi connectivity index (χ4n) is 3.76. The minimum absolute atomic E-state index is 0.00918. The van der Waals surface area contributed by atoms with Gasteiger partial charge in [-0.25, -0.2) is 8.78 Å². The van der Waals surface area contributed by atoms with Crippen molar-refractivity contribution in [3.63, 3.8) is 0 Å². The minimum Gasteiger partial charge on any atom is -0.480 e. The number of hydrogen-bond acceptors (Lipinski definition) is 1. The van der Waals surface area contributed by atoms with Gasteiger partial charge in [0, 0.05) is 17.5 Å². The Hall–Kier alpha value is -1.83. The van der Waals surface area contributed by atoms with Crippen LogP contribution in [0.15, 0.2) is 59.3 Å². The molecule has 0 amide bonds. The van der Waals surface area contributed by atoms with E-state index in [9.17, 15) is 22.0 Å². The number of rotatable bonds is 3. The van der Waals surface area contributed by atoms with E-state index in [1.165, 1.54) is 18.2 Å². The van der Waals surface area contributed by atoms with Crippen LogP contribution in [0.2, 0.25) is 10.0 Å². The third-order valence-electron chi connectivity index (χ3n) is 5.29. The van der Waals surface area contributed by atoms with Crippen LogP contribution >= 0.6 is 39.1 Å². The number of halogens is 8. The standard InChI is InChI=1S/C22H12BrCl2F5O/c23-19-17(24)7-12(8-18(19)25)21(22(28,29)30)9-11(10-31-21)13-5-6-16(20(26)27)15-4-2-1-3-14(13)15/h1-8,10,20H,9H2. The van der Waals surface area contributed by atoms with E-state index in [-0.39, 0.29) is 36.6 Å². The van der Waals surface area contributed by atoms with Crippen LogP contribution in [-0.2, 0) is 10.3 Å². The molecule has 0 bridgehead atoms. The van der Waals surface area contributed by atoms with Gasteiger partial charge in [0.15, 0.2) is 0 Å². The van der Waals surface area contributed by atoms with Crippen molar-refractivity contribution in [2.24, 2.45) is 0 Å². The van der Waals surface area contributed by atoms with Gasteiger partial charge in [0.05, 0.1) is 20.8 Å². The molecular weight excluding hydrogens is 526 g/mol. The highest BCUT2D eigenvalue weighted by atomic mass is 79.9. The summed E-state index contributed by atoms with van der Waals surface area (Å²) in [6, 6.07) is 11.3. The van der Waals surface area contributed by atoms with Crippen molar-refractivity contribution in [1.29, 1.82) is 0 Å². The average molecular weight is 538 g/mol. The lowest BCUT2D eigenvalue weighted by molar-refractivity contribution is -0.260. The molecule has 1 atom stereocenters. The highest BCUT2D eigenvalue weighted by Gasteiger charge is 2.60. The summed E-state index contributed by atoms with van der Waals surface area (Å²) in [5.74, 6) is 0. The molecule has 0 saturated carbocycles. The molecule has 31 heavy (non-hydrogen) atoms. The predicted molar refractivity (Wildman–Crippen MR) is 114 cm³/mol. The first-order valence-electron chi connectivity index (χ1n) is 8.94. The zero-order chi connectivity index (χ0) is 22.6. The van der Waals surface area contributed by atoms with Crippen LogP contribution in [-0.4, -0.2) is 6.18 Å². The summed E-state index contributed by atoms with van der Waals surface area (Å²) in [7, 11) is 0. The van der Waals surface area contributed by atoms with Crippen LogP contribution in [0, 0.1) is 0 Å². The maximum atomic E-state index is 14.3. The van der Waals surface area contributed by atoms with Crippen LogP contribution in [0.25, 0.3) is 16.3 Å². The van der Waals surface area contributed by atoms with Gasteiger partial charge < -0.3 is 4.74 Å². The van der Waals surface area contributed by atoms with E-state index in [0.29, 0.717) is 10.9 Å². The Balaban J connectivity index is 1.84. The SMILES string of the molecule is FC(F)c1ccc(C2=COC(c3cc(Cl)c(Br)c(Cl)c3)(C(F)(F)F)C2)c2ccccc12. The second kappa shape index (κ2) is 7.94. The topological polar surface area (TPSA) is 9.23 Å². The minimum atomic E-state index is -4.80. The van der Waals surface area contributed by atoms with Crippen LogP contribution in [0.5, 0.6) is 0 Å². The smallest absolute Gasteiger partial charge is 0.432 e. The number of alkyl halides is 5. The maximum absolute atomic E-state index is 14.3. The van der Waals surface area contributed by atoms with E-state index in [0.717, 1.165) is 18.4 Å². The Morgan fingerprint density at radius 3 is 2.16 bits per heavy atom. The number of benzene rings is 3. The first-order chi connectivity index (χ1) is 14.5. The lowest BCUT2D eigenvalue weighted by atomic mass is 9.85. The van der Waals surface area contributed by atoms with Gasteiger partial charge in [0.1, 0.15) is 0 Å². The molecule has 0 N–H and O–H groups in total.